The van der Waals surface area contributed by atoms with Gasteiger partial charge < -0.3 is 0 Å². The molecule has 0 unspecified atom stereocenters. The molecule has 2 aromatic heterocycles. The summed E-state index contributed by atoms with van der Waals surface area (Å²) < 4.78 is 2.31. The molecule has 0 atom stereocenters. The van der Waals surface area contributed by atoms with Crippen molar-refractivity contribution in [1.29, 1.82) is 0 Å². The first-order valence-corrected chi connectivity index (χ1v) is 8.66. The van der Waals surface area contributed by atoms with Gasteiger partial charge in [0.2, 0.25) is 5.91 Å². The number of nitrogens with one attached hydrogen (secondary N) is 2. The van der Waals surface area contributed by atoms with Gasteiger partial charge in [-0.1, -0.05) is 36.4 Å². The van der Waals surface area contributed by atoms with Gasteiger partial charge in [0.1, 0.15) is 0 Å². The monoisotopic (exact) mass is 360 g/mol. The lowest BCUT2D eigenvalue weighted by atomic mass is 10.2. The van der Waals surface area contributed by atoms with Crippen molar-refractivity contribution in [2.24, 2.45) is 0 Å². The Morgan fingerprint density at radius 1 is 1.29 bits per heavy atom. The van der Waals surface area contributed by atoms with Crippen molar-refractivity contribution in [3.8, 4) is 10.7 Å². The zero-order valence-corrected chi connectivity index (χ0v) is 14.4. The second kappa shape index (κ2) is 8.00. The number of thiophene rings is 1. The van der Waals surface area contributed by atoms with E-state index in [1.807, 2.05) is 52.4 Å². The van der Waals surface area contributed by atoms with Gasteiger partial charge >= 0.3 is 0 Å². The Bertz CT molecular complexity index is 841. The lowest BCUT2D eigenvalue weighted by molar-refractivity contribution is -0.134. The van der Waals surface area contributed by atoms with Crippen LogP contribution in [0.2, 0.25) is 0 Å². The molecule has 0 spiro atoms. The molecule has 0 aliphatic heterocycles. The number of benzene rings is 1. The average molecular weight is 360 g/mol. The van der Waals surface area contributed by atoms with Crippen molar-refractivity contribution in [1.82, 2.24) is 20.2 Å². The van der Waals surface area contributed by atoms with E-state index in [0.29, 0.717) is 17.9 Å². The molecule has 3 rings (SSSR count). The summed E-state index contributed by atoms with van der Waals surface area (Å²) in [5, 5.41) is 8.98. The van der Waals surface area contributed by atoms with E-state index < -0.39 is 0 Å². The molecule has 8 heteroatoms. The summed E-state index contributed by atoms with van der Waals surface area (Å²) >= 11 is 6.81. The third kappa shape index (κ3) is 4.16. The highest BCUT2D eigenvalue weighted by atomic mass is 32.1. The Kier molecular flexibility index (Phi) is 5.52. The molecule has 124 valence electrons. The number of hydroxylamine groups is 1. The van der Waals surface area contributed by atoms with Crippen LogP contribution in [-0.2, 0) is 22.8 Å². The molecule has 0 saturated heterocycles. The molecular weight excluding hydrogens is 344 g/mol. The molecule has 0 aliphatic rings. The first-order valence-electron chi connectivity index (χ1n) is 7.37. The van der Waals surface area contributed by atoms with Crippen LogP contribution < -0.4 is 5.48 Å². The smallest absolute Gasteiger partial charge is 0.245 e. The van der Waals surface area contributed by atoms with Crippen LogP contribution in [0.5, 0.6) is 0 Å². The number of amides is 1. The summed E-state index contributed by atoms with van der Waals surface area (Å²) in [5.74, 6) is 0.541. The van der Waals surface area contributed by atoms with Gasteiger partial charge in [-0.25, -0.2) is 5.48 Å². The molecule has 1 amide bonds. The van der Waals surface area contributed by atoms with Gasteiger partial charge in [-0.15, -0.1) is 11.3 Å². The fourth-order valence-corrected chi connectivity index (χ4v) is 3.10. The zero-order valence-electron chi connectivity index (χ0n) is 12.8. The maximum absolute atomic E-state index is 11.9. The Morgan fingerprint density at radius 2 is 2.12 bits per heavy atom. The minimum atomic E-state index is -0.203. The van der Waals surface area contributed by atoms with Crippen molar-refractivity contribution >= 4 is 29.5 Å². The standard InChI is InChI=1S/C16H16N4O2S2/c21-14(19-22-11-12-5-2-1-3-6-12)8-9-20-15(17-18-16(20)23)13-7-4-10-24-13/h1-7,10H,8-9,11H2,(H,18,23)(H,19,21). The largest absolute Gasteiger partial charge is 0.299 e. The number of aromatic nitrogens is 3. The summed E-state index contributed by atoms with van der Waals surface area (Å²) in [7, 11) is 0. The third-order valence-electron chi connectivity index (χ3n) is 3.33. The van der Waals surface area contributed by atoms with Gasteiger partial charge in [0, 0.05) is 13.0 Å². The SMILES string of the molecule is O=C(CCn1c(-c2cccs2)n[nH]c1=S)NOCc1ccccc1. The second-order valence-electron chi connectivity index (χ2n) is 5.03. The highest BCUT2D eigenvalue weighted by Crippen LogP contribution is 2.22. The summed E-state index contributed by atoms with van der Waals surface area (Å²) in [6, 6.07) is 13.6. The highest BCUT2D eigenvalue weighted by molar-refractivity contribution is 7.71. The maximum Gasteiger partial charge on any atom is 0.245 e. The van der Waals surface area contributed by atoms with E-state index in [-0.39, 0.29) is 12.3 Å². The van der Waals surface area contributed by atoms with Crippen LogP contribution in [0.25, 0.3) is 10.7 Å². The Morgan fingerprint density at radius 3 is 2.88 bits per heavy atom. The molecule has 1 aromatic carbocycles. The minimum Gasteiger partial charge on any atom is -0.299 e. The summed E-state index contributed by atoms with van der Waals surface area (Å²) in [6.45, 7) is 0.765. The fourth-order valence-electron chi connectivity index (χ4n) is 2.16. The second-order valence-corrected chi connectivity index (χ2v) is 6.37. The van der Waals surface area contributed by atoms with Crippen molar-refractivity contribution in [2.75, 3.05) is 0 Å². The number of rotatable bonds is 7. The summed E-state index contributed by atoms with van der Waals surface area (Å²) in [4.78, 5) is 18.2. The first kappa shape index (κ1) is 16.6. The molecule has 0 saturated carbocycles. The highest BCUT2D eigenvalue weighted by Gasteiger charge is 2.11. The maximum atomic E-state index is 11.9. The first-order chi connectivity index (χ1) is 11.7. The fraction of sp³-hybridized carbons (Fsp3) is 0.188. The lowest BCUT2D eigenvalue weighted by Gasteiger charge is -2.07. The molecule has 2 heterocycles. The minimum absolute atomic E-state index is 0.203. The molecule has 24 heavy (non-hydrogen) atoms. The Hall–Kier alpha value is -2.29. The van der Waals surface area contributed by atoms with E-state index in [9.17, 15) is 4.79 Å². The number of nitrogens with zero attached hydrogens (tertiary/aromatic N) is 2. The van der Waals surface area contributed by atoms with Crippen LogP contribution in [0, 0.1) is 4.77 Å². The average Bonchev–Trinajstić information content (AvgIpc) is 3.23. The summed E-state index contributed by atoms with van der Waals surface area (Å²) in [5.41, 5.74) is 3.45. The predicted octanol–water partition coefficient (Wildman–Crippen LogP) is 3.31. The number of H-pyrrole nitrogens is 1. The lowest BCUT2D eigenvalue weighted by Crippen LogP contribution is -2.24. The number of carbonyl (C=O) groups excluding carboxylic acids is 1. The number of hydrogen-bond donors (Lipinski definition) is 2. The predicted molar refractivity (Wildman–Crippen MR) is 94.7 cm³/mol. The van der Waals surface area contributed by atoms with Gasteiger partial charge in [0.25, 0.3) is 0 Å². The van der Waals surface area contributed by atoms with Crippen molar-refractivity contribution in [3.63, 3.8) is 0 Å². The summed E-state index contributed by atoms with van der Waals surface area (Å²) in [6.07, 6.45) is 0.251. The molecule has 0 aliphatic carbocycles. The van der Waals surface area contributed by atoms with Crippen molar-refractivity contribution < 1.29 is 9.63 Å². The number of carbonyl (C=O) groups is 1. The topological polar surface area (TPSA) is 71.9 Å². The van der Waals surface area contributed by atoms with Crippen LogP contribution in [0.15, 0.2) is 47.8 Å². The quantitative estimate of drug-likeness (QED) is 0.501. The molecule has 6 nitrogen and oxygen atoms in total. The number of aromatic amines is 1. The molecule has 0 bridgehead atoms. The molecule has 0 radical (unpaired) electrons. The van der Waals surface area contributed by atoms with Crippen LogP contribution >= 0.6 is 23.6 Å². The van der Waals surface area contributed by atoms with E-state index in [1.165, 1.54) is 0 Å². The van der Waals surface area contributed by atoms with Crippen LogP contribution in [0.3, 0.4) is 0 Å². The molecule has 0 fully saturated rings. The van der Waals surface area contributed by atoms with Gasteiger partial charge in [-0.2, -0.15) is 5.10 Å². The zero-order chi connectivity index (χ0) is 16.8. The van der Waals surface area contributed by atoms with Crippen molar-refractivity contribution in [2.45, 2.75) is 19.6 Å². The van der Waals surface area contributed by atoms with Gasteiger partial charge in [0.05, 0.1) is 11.5 Å². The molecule has 2 N–H and O–H groups in total. The van der Waals surface area contributed by atoms with Gasteiger partial charge in [0.15, 0.2) is 10.6 Å². The van der Waals surface area contributed by atoms with E-state index >= 15 is 0 Å². The van der Waals surface area contributed by atoms with Crippen LogP contribution in [-0.4, -0.2) is 20.7 Å². The molecular formula is C16H16N4O2S2. The third-order valence-corrected chi connectivity index (χ3v) is 4.51. The molecule has 3 aromatic rings. The number of hydrogen-bond acceptors (Lipinski definition) is 5. The van der Waals surface area contributed by atoms with Gasteiger partial charge in [-0.3, -0.25) is 19.3 Å². The normalized spacial score (nSPS) is 10.7. The Balaban J connectivity index is 1.52. The van der Waals surface area contributed by atoms with Gasteiger partial charge in [-0.05, 0) is 29.2 Å². The van der Waals surface area contributed by atoms with E-state index in [1.54, 1.807) is 11.3 Å². The Labute approximate surface area is 148 Å². The van der Waals surface area contributed by atoms with E-state index in [0.717, 1.165) is 16.3 Å². The van der Waals surface area contributed by atoms with Crippen molar-refractivity contribution in [3.05, 3.63) is 58.2 Å². The van der Waals surface area contributed by atoms with E-state index in [2.05, 4.69) is 15.7 Å². The van der Waals surface area contributed by atoms with Crippen LogP contribution in [0.4, 0.5) is 0 Å². The van der Waals surface area contributed by atoms with E-state index in [4.69, 9.17) is 17.1 Å². The van der Waals surface area contributed by atoms with Crippen LogP contribution in [0.1, 0.15) is 12.0 Å².